The average Bonchev–Trinajstić information content (AvgIpc) is 3.03. The Hall–Kier alpha value is -0.990. The highest BCUT2D eigenvalue weighted by molar-refractivity contribution is 5.30. The van der Waals surface area contributed by atoms with E-state index in [9.17, 15) is 0 Å². The van der Waals surface area contributed by atoms with Gasteiger partial charge in [0.2, 0.25) is 5.95 Å². The van der Waals surface area contributed by atoms with Gasteiger partial charge in [0.05, 0.1) is 5.69 Å². The summed E-state index contributed by atoms with van der Waals surface area (Å²) in [7, 11) is 0. The van der Waals surface area contributed by atoms with E-state index < -0.39 is 0 Å². The molecule has 2 aliphatic carbocycles. The Morgan fingerprint density at radius 2 is 1.83 bits per heavy atom. The molecule has 0 spiro atoms. The van der Waals surface area contributed by atoms with Gasteiger partial charge in [0.15, 0.2) is 0 Å². The molecule has 1 aromatic heterocycles. The molecule has 2 fully saturated rings. The molecule has 0 aromatic carbocycles. The van der Waals surface area contributed by atoms with Crippen molar-refractivity contribution in [3.63, 3.8) is 0 Å². The fourth-order valence-corrected chi connectivity index (χ4v) is 3.52. The van der Waals surface area contributed by atoms with Crippen molar-refractivity contribution in [2.45, 2.75) is 70.9 Å². The van der Waals surface area contributed by atoms with E-state index in [1.54, 1.807) is 0 Å². The van der Waals surface area contributed by atoms with Gasteiger partial charge in [-0.3, -0.25) is 0 Å². The van der Waals surface area contributed by atoms with Gasteiger partial charge in [-0.05, 0) is 38.5 Å². The molecular weight excluding hydrogens is 222 g/mol. The van der Waals surface area contributed by atoms with Crippen LogP contribution in [0.15, 0.2) is 6.20 Å². The van der Waals surface area contributed by atoms with Crippen LogP contribution >= 0.6 is 0 Å². The molecule has 3 nitrogen and oxygen atoms in total. The van der Waals surface area contributed by atoms with E-state index in [-0.39, 0.29) is 0 Å². The highest BCUT2D eigenvalue weighted by Crippen LogP contribution is 2.28. The van der Waals surface area contributed by atoms with E-state index in [0.29, 0.717) is 6.04 Å². The second-order valence-corrected chi connectivity index (χ2v) is 6.13. The van der Waals surface area contributed by atoms with E-state index in [2.05, 4.69) is 28.0 Å². The van der Waals surface area contributed by atoms with Crippen LogP contribution in [-0.2, 0) is 6.54 Å². The molecular formula is C15H25N3. The van der Waals surface area contributed by atoms with Crippen molar-refractivity contribution in [3.05, 3.63) is 11.9 Å². The zero-order valence-corrected chi connectivity index (χ0v) is 11.5. The van der Waals surface area contributed by atoms with Crippen molar-refractivity contribution in [1.82, 2.24) is 9.55 Å². The number of rotatable bonds is 4. The number of hydrogen-bond acceptors (Lipinski definition) is 2. The van der Waals surface area contributed by atoms with Crippen LogP contribution in [0.1, 0.15) is 57.1 Å². The summed E-state index contributed by atoms with van der Waals surface area (Å²) in [6.45, 7) is 3.26. The predicted octanol–water partition coefficient (Wildman–Crippen LogP) is 3.74. The number of aromatic nitrogens is 2. The first-order valence-electron chi connectivity index (χ1n) is 7.61. The Bertz CT molecular complexity index is 349. The molecule has 1 heterocycles. The first-order chi connectivity index (χ1) is 8.81. The van der Waals surface area contributed by atoms with Crippen LogP contribution in [0.3, 0.4) is 0 Å². The van der Waals surface area contributed by atoms with Gasteiger partial charge in [-0.2, -0.15) is 0 Å². The molecule has 100 valence electrons. The maximum atomic E-state index is 4.67. The Morgan fingerprint density at radius 1 is 1.17 bits per heavy atom. The molecule has 0 atom stereocenters. The van der Waals surface area contributed by atoms with Crippen LogP contribution in [-0.4, -0.2) is 15.6 Å². The maximum Gasteiger partial charge on any atom is 0.203 e. The van der Waals surface area contributed by atoms with Gasteiger partial charge in [-0.25, -0.2) is 4.98 Å². The zero-order valence-electron chi connectivity index (χ0n) is 11.5. The Labute approximate surface area is 110 Å². The quantitative estimate of drug-likeness (QED) is 0.878. The Balaban J connectivity index is 1.67. The third-order valence-electron chi connectivity index (χ3n) is 4.52. The number of hydrogen-bond donors (Lipinski definition) is 1. The van der Waals surface area contributed by atoms with Crippen molar-refractivity contribution in [2.75, 3.05) is 5.32 Å². The van der Waals surface area contributed by atoms with Crippen molar-refractivity contribution < 1.29 is 0 Å². The van der Waals surface area contributed by atoms with E-state index in [1.807, 2.05) is 0 Å². The molecule has 18 heavy (non-hydrogen) atoms. The van der Waals surface area contributed by atoms with Gasteiger partial charge < -0.3 is 9.88 Å². The zero-order chi connectivity index (χ0) is 12.4. The van der Waals surface area contributed by atoms with Crippen molar-refractivity contribution >= 4 is 5.95 Å². The molecule has 0 amide bonds. The highest BCUT2D eigenvalue weighted by Gasteiger charge is 2.20. The van der Waals surface area contributed by atoms with E-state index in [1.165, 1.54) is 51.4 Å². The van der Waals surface area contributed by atoms with Gasteiger partial charge in [-0.1, -0.05) is 25.7 Å². The maximum absolute atomic E-state index is 4.67. The molecule has 3 rings (SSSR count). The van der Waals surface area contributed by atoms with Crippen LogP contribution in [0, 0.1) is 12.8 Å². The Kier molecular flexibility index (Phi) is 3.57. The lowest BCUT2D eigenvalue weighted by atomic mass is 10.1. The van der Waals surface area contributed by atoms with Crippen LogP contribution < -0.4 is 5.32 Å². The summed E-state index contributed by atoms with van der Waals surface area (Å²) in [6.07, 6.45) is 13.2. The highest BCUT2D eigenvalue weighted by atomic mass is 15.2. The van der Waals surface area contributed by atoms with E-state index in [0.717, 1.165) is 24.1 Å². The summed E-state index contributed by atoms with van der Waals surface area (Å²) >= 11 is 0. The minimum atomic E-state index is 0.661. The first-order valence-corrected chi connectivity index (χ1v) is 7.61. The summed E-state index contributed by atoms with van der Waals surface area (Å²) in [5, 5.41) is 3.66. The van der Waals surface area contributed by atoms with Gasteiger partial charge >= 0.3 is 0 Å². The largest absolute Gasteiger partial charge is 0.353 e. The van der Waals surface area contributed by atoms with Crippen LogP contribution in [0.5, 0.6) is 0 Å². The molecule has 0 saturated heterocycles. The summed E-state index contributed by atoms with van der Waals surface area (Å²) in [5.41, 5.74) is 1.15. The Morgan fingerprint density at radius 3 is 2.56 bits per heavy atom. The number of anilines is 1. The lowest BCUT2D eigenvalue weighted by molar-refractivity contribution is 0.458. The van der Waals surface area contributed by atoms with Gasteiger partial charge in [0.1, 0.15) is 0 Å². The monoisotopic (exact) mass is 247 g/mol. The molecule has 3 heteroatoms. The third-order valence-corrected chi connectivity index (χ3v) is 4.52. The third kappa shape index (κ3) is 2.70. The lowest BCUT2D eigenvalue weighted by Gasteiger charge is -2.17. The molecule has 1 aromatic rings. The fourth-order valence-electron chi connectivity index (χ4n) is 3.52. The second kappa shape index (κ2) is 5.33. The van der Waals surface area contributed by atoms with Gasteiger partial charge in [0, 0.05) is 18.8 Å². The SMILES string of the molecule is Cc1cn(CC2CCCC2)c(NC2CCCC2)n1. The van der Waals surface area contributed by atoms with Crippen LogP contribution in [0.4, 0.5) is 5.95 Å². The molecule has 2 aliphatic rings. The van der Waals surface area contributed by atoms with Gasteiger partial charge in [-0.15, -0.1) is 0 Å². The molecule has 0 bridgehead atoms. The summed E-state index contributed by atoms with van der Waals surface area (Å²) < 4.78 is 2.36. The molecule has 0 aliphatic heterocycles. The average molecular weight is 247 g/mol. The first kappa shape index (κ1) is 12.1. The fraction of sp³-hybridized carbons (Fsp3) is 0.800. The summed E-state index contributed by atoms with van der Waals surface area (Å²) in [5.74, 6) is 1.99. The predicted molar refractivity (Wildman–Crippen MR) is 74.8 cm³/mol. The smallest absolute Gasteiger partial charge is 0.203 e. The molecule has 2 saturated carbocycles. The number of nitrogens with one attached hydrogen (secondary N) is 1. The number of nitrogens with zero attached hydrogens (tertiary/aromatic N) is 2. The number of aryl methyl sites for hydroxylation is 1. The topological polar surface area (TPSA) is 29.9 Å². The second-order valence-electron chi connectivity index (χ2n) is 6.13. The minimum absolute atomic E-state index is 0.661. The number of imidazole rings is 1. The van der Waals surface area contributed by atoms with Crippen LogP contribution in [0.2, 0.25) is 0 Å². The standard InChI is InChI=1S/C15H25N3/c1-12-10-18(11-13-6-2-3-7-13)15(16-12)17-14-8-4-5-9-14/h10,13-14H,2-9,11H2,1H3,(H,16,17). The summed E-state index contributed by atoms with van der Waals surface area (Å²) in [6, 6.07) is 0.661. The van der Waals surface area contributed by atoms with Crippen molar-refractivity contribution in [3.8, 4) is 0 Å². The lowest BCUT2D eigenvalue weighted by Crippen LogP contribution is -2.19. The van der Waals surface area contributed by atoms with Crippen molar-refractivity contribution in [2.24, 2.45) is 5.92 Å². The minimum Gasteiger partial charge on any atom is -0.353 e. The van der Waals surface area contributed by atoms with E-state index >= 15 is 0 Å². The molecule has 1 N–H and O–H groups in total. The summed E-state index contributed by atoms with van der Waals surface area (Å²) in [4.78, 5) is 4.67. The van der Waals surface area contributed by atoms with Crippen LogP contribution in [0.25, 0.3) is 0 Å². The van der Waals surface area contributed by atoms with E-state index in [4.69, 9.17) is 0 Å². The molecule has 0 unspecified atom stereocenters. The molecule has 0 radical (unpaired) electrons. The van der Waals surface area contributed by atoms with Crippen molar-refractivity contribution in [1.29, 1.82) is 0 Å². The van der Waals surface area contributed by atoms with Gasteiger partial charge in [0.25, 0.3) is 0 Å². The normalized spacial score (nSPS) is 21.8.